The lowest BCUT2D eigenvalue weighted by atomic mass is 10.1. The third-order valence-corrected chi connectivity index (χ3v) is 3.45. The van der Waals surface area contributed by atoms with Gasteiger partial charge in [-0.3, -0.25) is 4.79 Å². The average molecular weight is 282 g/mol. The lowest BCUT2D eigenvalue weighted by molar-refractivity contribution is -0.120. The molecule has 0 aliphatic rings. The van der Waals surface area contributed by atoms with Gasteiger partial charge in [0.15, 0.2) is 0 Å². The van der Waals surface area contributed by atoms with Gasteiger partial charge in [0, 0.05) is 12.6 Å². The van der Waals surface area contributed by atoms with E-state index in [1.165, 1.54) is 11.1 Å². The van der Waals surface area contributed by atoms with Crippen molar-refractivity contribution in [2.75, 3.05) is 13.1 Å². The minimum Gasteiger partial charge on any atom is -0.355 e. The van der Waals surface area contributed by atoms with Crippen molar-refractivity contribution in [2.24, 2.45) is 0 Å². The Morgan fingerprint density at radius 1 is 1.00 bits per heavy atom. The van der Waals surface area contributed by atoms with Gasteiger partial charge in [0.25, 0.3) is 0 Å². The largest absolute Gasteiger partial charge is 0.355 e. The fourth-order valence-corrected chi connectivity index (χ4v) is 2.16. The van der Waals surface area contributed by atoms with Crippen LogP contribution in [0.3, 0.4) is 0 Å². The molecule has 0 spiro atoms. The molecule has 0 aliphatic heterocycles. The van der Waals surface area contributed by atoms with Crippen molar-refractivity contribution < 1.29 is 4.79 Å². The molecule has 3 heteroatoms. The molecule has 1 amide bonds. The molecule has 0 fully saturated rings. The first-order chi connectivity index (χ1) is 10.3. The van der Waals surface area contributed by atoms with Crippen molar-refractivity contribution in [3.05, 3.63) is 71.8 Å². The highest BCUT2D eigenvalue weighted by Crippen LogP contribution is 2.10. The minimum absolute atomic E-state index is 0.0358. The van der Waals surface area contributed by atoms with E-state index in [2.05, 4.69) is 41.8 Å². The number of benzene rings is 2. The molecule has 0 aromatic heterocycles. The van der Waals surface area contributed by atoms with Crippen LogP contribution in [0.25, 0.3) is 0 Å². The number of amides is 1. The van der Waals surface area contributed by atoms with Crippen molar-refractivity contribution in [1.82, 2.24) is 10.6 Å². The smallest absolute Gasteiger partial charge is 0.233 e. The van der Waals surface area contributed by atoms with E-state index >= 15 is 0 Å². The van der Waals surface area contributed by atoms with E-state index in [1.54, 1.807) is 0 Å². The zero-order chi connectivity index (χ0) is 14.9. The first-order valence-corrected chi connectivity index (χ1v) is 7.34. The van der Waals surface area contributed by atoms with Gasteiger partial charge in [-0.05, 0) is 24.5 Å². The number of hydrogen-bond acceptors (Lipinski definition) is 2. The van der Waals surface area contributed by atoms with E-state index in [4.69, 9.17) is 0 Å². The predicted octanol–water partition coefficient (Wildman–Crippen LogP) is 2.70. The highest BCUT2D eigenvalue weighted by molar-refractivity contribution is 5.78. The van der Waals surface area contributed by atoms with Gasteiger partial charge in [-0.2, -0.15) is 0 Å². The van der Waals surface area contributed by atoms with E-state index < -0.39 is 0 Å². The van der Waals surface area contributed by atoms with Crippen LogP contribution in [-0.4, -0.2) is 19.0 Å². The van der Waals surface area contributed by atoms with Crippen LogP contribution in [0.15, 0.2) is 60.7 Å². The SMILES string of the molecule is CC(NCC(=O)NCCc1ccccc1)c1ccccc1. The van der Waals surface area contributed by atoms with E-state index in [9.17, 15) is 4.79 Å². The van der Waals surface area contributed by atoms with Crippen LogP contribution < -0.4 is 10.6 Å². The lowest BCUT2D eigenvalue weighted by Crippen LogP contribution is -2.36. The maximum atomic E-state index is 11.8. The predicted molar refractivity (Wildman–Crippen MR) is 86.0 cm³/mol. The van der Waals surface area contributed by atoms with Crippen LogP contribution in [0.4, 0.5) is 0 Å². The first kappa shape index (κ1) is 15.3. The molecule has 21 heavy (non-hydrogen) atoms. The molecule has 0 saturated heterocycles. The summed E-state index contributed by atoms with van der Waals surface area (Å²) in [6.45, 7) is 3.07. The second kappa shape index (κ2) is 8.22. The monoisotopic (exact) mass is 282 g/mol. The van der Waals surface area contributed by atoms with Crippen molar-refractivity contribution in [1.29, 1.82) is 0 Å². The number of rotatable bonds is 7. The molecule has 1 unspecified atom stereocenters. The van der Waals surface area contributed by atoms with Crippen LogP contribution >= 0.6 is 0 Å². The van der Waals surface area contributed by atoms with Crippen LogP contribution in [0, 0.1) is 0 Å². The van der Waals surface area contributed by atoms with E-state index in [1.807, 2.05) is 36.4 Å². The summed E-state index contributed by atoms with van der Waals surface area (Å²) in [5.41, 5.74) is 2.43. The van der Waals surface area contributed by atoms with Gasteiger partial charge >= 0.3 is 0 Å². The number of carbonyl (C=O) groups excluding carboxylic acids is 1. The molecular weight excluding hydrogens is 260 g/mol. The molecule has 1 atom stereocenters. The highest BCUT2D eigenvalue weighted by atomic mass is 16.1. The lowest BCUT2D eigenvalue weighted by Gasteiger charge is -2.14. The molecule has 0 bridgehead atoms. The zero-order valence-electron chi connectivity index (χ0n) is 12.4. The molecule has 2 aromatic rings. The summed E-state index contributed by atoms with van der Waals surface area (Å²) in [6.07, 6.45) is 0.862. The molecule has 110 valence electrons. The molecule has 0 heterocycles. The summed E-state index contributed by atoms with van der Waals surface area (Å²) in [7, 11) is 0. The van der Waals surface area contributed by atoms with Gasteiger partial charge in [-0.15, -0.1) is 0 Å². The van der Waals surface area contributed by atoms with Gasteiger partial charge in [0.1, 0.15) is 0 Å². The Labute approximate surface area is 126 Å². The van der Waals surface area contributed by atoms with Gasteiger partial charge < -0.3 is 10.6 Å². The molecule has 3 nitrogen and oxygen atoms in total. The quantitative estimate of drug-likeness (QED) is 0.820. The van der Waals surface area contributed by atoms with Gasteiger partial charge in [-0.25, -0.2) is 0 Å². The highest BCUT2D eigenvalue weighted by Gasteiger charge is 2.06. The summed E-state index contributed by atoms with van der Waals surface area (Å²) in [5.74, 6) is 0.0358. The molecule has 2 N–H and O–H groups in total. The summed E-state index contributed by atoms with van der Waals surface area (Å²) >= 11 is 0. The van der Waals surface area contributed by atoms with Crippen molar-refractivity contribution in [2.45, 2.75) is 19.4 Å². The Hall–Kier alpha value is -2.13. The summed E-state index contributed by atoms with van der Waals surface area (Å²) in [4.78, 5) is 11.8. The molecular formula is C18H22N2O. The van der Waals surface area contributed by atoms with Gasteiger partial charge in [0.05, 0.1) is 6.54 Å². The summed E-state index contributed by atoms with van der Waals surface area (Å²) in [6, 6.07) is 20.5. The summed E-state index contributed by atoms with van der Waals surface area (Å²) in [5, 5.41) is 6.17. The minimum atomic E-state index is 0.0358. The normalized spacial score (nSPS) is 11.9. The van der Waals surface area contributed by atoms with Crippen LogP contribution in [0.5, 0.6) is 0 Å². The summed E-state index contributed by atoms with van der Waals surface area (Å²) < 4.78 is 0. The van der Waals surface area contributed by atoms with E-state index in [-0.39, 0.29) is 11.9 Å². The van der Waals surface area contributed by atoms with E-state index in [0.29, 0.717) is 13.1 Å². The maximum absolute atomic E-state index is 11.8. The average Bonchev–Trinajstić information content (AvgIpc) is 2.54. The van der Waals surface area contributed by atoms with Crippen molar-refractivity contribution in [3.63, 3.8) is 0 Å². The number of nitrogens with one attached hydrogen (secondary N) is 2. The third-order valence-electron chi connectivity index (χ3n) is 3.45. The molecule has 0 saturated carbocycles. The second-order valence-corrected chi connectivity index (χ2v) is 5.10. The van der Waals surface area contributed by atoms with E-state index in [0.717, 1.165) is 6.42 Å². The maximum Gasteiger partial charge on any atom is 0.233 e. The first-order valence-electron chi connectivity index (χ1n) is 7.34. The van der Waals surface area contributed by atoms with Crippen LogP contribution in [0.1, 0.15) is 24.1 Å². The fourth-order valence-electron chi connectivity index (χ4n) is 2.16. The number of carbonyl (C=O) groups is 1. The number of hydrogen-bond donors (Lipinski definition) is 2. The molecule has 2 rings (SSSR count). The van der Waals surface area contributed by atoms with Gasteiger partial charge in [-0.1, -0.05) is 60.7 Å². The van der Waals surface area contributed by atoms with Gasteiger partial charge in [0.2, 0.25) is 5.91 Å². The second-order valence-electron chi connectivity index (χ2n) is 5.10. The standard InChI is InChI=1S/C18H22N2O/c1-15(17-10-6-3-7-11-17)20-14-18(21)19-13-12-16-8-4-2-5-9-16/h2-11,15,20H,12-14H2,1H3,(H,19,21). The molecule has 2 aromatic carbocycles. The Kier molecular flexibility index (Phi) is 5.98. The zero-order valence-corrected chi connectivity index (χ0v) is 12.4. The van der Waals surface area contributed by atoms with Crippen LogP contribution in [0.2, 0.25) is 0 Å². The molecule has 0 aliphatic carbocycles. The van der Waals surface area contributed by atoms with Crippen molar-refractivity contribution >= 4 is 5.91 Å². The fraction of sp³-hybridized carbons (Fsp3) is 0.278. The molecule has 0 radical (unpaired) electrons. The Bertz CT molecular complexity index is 540. The Morgan fingerprint density at radius 2 is 1.62 bits per heavy atom. The van der Waals surface area contributed by atoms with Crippen LogP contribution in [-0.2, 0) is 11.2 Å². The Morgan fingerprint density at radius 3 is 2.29 bits per heavy atom. The van der Waals surface area contributed by atoms with Crippen molar-refractivity contribution in [3.8, 4) is 0 Å². The Balaban J connectivity index is 1.66. The third kappa shape index (κ3) is 5.40. The topological polar surface area (TPSA) is 41.1 Å².